The largest absolute Gasteiger partial charge is 0.339 e. The summed E-state index contributed by atoms with van der Waals surface area (Å²) in [4.78, 5) is 52.8. The first-order chi connectivity index (χ1) is 15.2. The fourth-order valence-corrected chi connectivity index (χ4v) is 3.68. The van der Waals surface area contributed by atoms with Gasteiger partial charge in [-0.25, -0.2) is 4.79 Å². The van der Waals surface area contributed by atoms with Gasteiger partial charge in [0.2, 0.25) is 5.91 Å². The summed E-state index contributed by atoms with van der Waals surface area (Å²) in [5.74, 6) is -1.15. The molecule has 8 nitrogen and oxygen atoms in total. The SMILES string of the molecule is CCN(CC)C(=O)c1ccc(NC(=O)CN2C(=O)NC(C)(c3ccc(Cl)cc3)C2=O)cc1. The molecule has 0 bridgehead atoms. The summed E-state index contributed by atoms with van der Waals surface area (Å²) >= 11 is 5.90. The number of anilines is 1. The van der Waals surface area contributed by atoms with E-state index in [1.54, 1.807) is 60.4 Å². The van der Waals surface area contributed by atoms with Crippen LogP contribution >= 0.6 is 11.6 Å². The van der Waals surface area contributed by atoms with E-state index < -0.39 is 29.9 Å². The van der Waals surface area contributed by atoms with Crippen molar-refractivity contribution in [3.05, 3.63) is 64.7 Å². The van der Waals surface area contributed by atoms with Crippen LogP contribution in [0.4, 0.5) is 10.5 Å². The lowest BCUT2D eigenvalue weighted by Crippen LogP contribution is -2.42. The molecule has 3 rings (SSSR count). The summed E-state index contributed by atoms with van der Waals surface area (Å²) in [5.41, 5.74) is 0.253. The van der Waals surface area contributed by atoms with E-state index in [1.165, 1.54) is 0 Å². The van der Waals surface area contributed by atoms with Crippen LogP contribution in [0.3, 0.4) is 0 Å². The van der Waals surface area contributed by atoms with Gasteiger partial charge in [0.05, 0.1) is 0 Å². The van der Waals surface area contributed by atoms with Gasteiger partial charge in [0.1, 0.15) is 12.1 Å². The summed E-state index contributed by atoms with van der Waals surface area (Å²) < 4.78 is 0. The maximum absolute atomic E-state index is 12.9. The first-order valence-electron chi connectivity index (χ1n) is 10.3. The zero-order chi connectivity index (χ0) is 23.5. The highest BCUT2D eigenvalue weighted by Gasteiger charge is 2.49. The van der Waals surface area contributed by atoms with Crippen LogP contribution in [-0.2, 0) is 15.1 Å². The summed E-state index contributed by atoms with van der Waals surface area (Å²) in [6, 6.07) is 12.4. The van der Waals surface area contributed by atoms with Crippen molar-refractivity contribution in [1.29, 1.82) is 0 Å². The first kappa shape index (κ1) is 23.3. The van der Waals surface area contributed by atoms with Crippen LogP contribution in [0.5, 0.6) is 0 Å². The van der Waals surface area contributed by atoms with E-state index >= 15 is 0 Å². The monoisotopic (exact) mass is 456 g/mol. The Bertz CT molecular complexity index is 1030. The molecule has 9 heteroatoms. The molecule has 2 aromatic carbocycles. The lowest BCUT2D eigenvalue weighted by Gasteiger charge is -2.22. The van der Waals surface area contributed by atoms with Crippen LogP contribution in [0.1, 0.15) is 36.7 Å². The first-order valence-corrected chi connectivity index (χ1v) is 10.7. The number of imide groups is 1. The Morgan fingerprint density at radius 1 is 1.03 bits per heavy atom. The average molecular weight is 457 g/mol. The number of hydrogen-bond acceptors (Lipinski definition) is 4. The minimum absolute atomic E-state index is 0.0892. The third kappa shape index (κ3) is 4.60. The molecule has 0 aromatic heterocycles. The number of nitrogens with one attached hydrogen (secondary N) is 2. The molecule has 1 atom stereocenters. The molecule has 1 saturated heterocycles. The Balaban J connectivity index is 1.66. The molecule has 2 aromatic rings. The van der Waals surface area contributed by atoms with Gasteiger partial charge in [0.25, 0.3) is 11.8 Å². The topological polar surface area (TPSA) is 98.8 Å². The van der Waals surface area contributed by atoms with Crippen molar-refractivity contribution in [2.24, 2.45) is 0 Å². The van der Waals surface area contributed by atoms with Crippen LogP contribution in [0, 0.1) is 0 Å². The molecule has 0 saturated carbocycles. The maximum atomic E-state index is 12.9. The number of carbonyl (C=O) groups is 4. The average Bonchev–Trinajstić information content (AvgIpc) is 2.99. The molecular weight excluding hydrogens is 432 g/mol. The van der Waals surface area contributed by atoms with Crippen molar-refractivity contribution in [1.82, 2.24) is 15.1 Å². The maximum Gasteiger partial charge on any atom is 0.325 e. The van der Waals surface area contributed by atoms with Gasteiger partial charge in [-0.2, -0.15) is 0 Å². The zero-order valence-corrected chi connectivity index (χ0v) is 18.9. The summed E-state index contributed by atoms with van der Waals surface area (Å²) in [7, 11) is 0. The number of rotatable bonds is 7. The van der Waals surface area contributed by atoms with Crippen molar-refractivity contribution < 1.29 is 19.2 Å². The summed E-state index contributed by atoms with van der Waals surface area (Å²) in [6.45, 7) is 6.17. The molecule has 0 radical (unpaired) electrons. The van der Waals surface area contributed by atoms with Crippen molar-refractivity contribution in [3.8, 4) is 0 Å². The highest BCUT2D eigenvalue weighted by Crippen LogP contribution is 2.29. The number of hydrogen-bond donors (Lipinski definition) is 2. The lowest BCUT2D eigenvalue weighted by molar-refractivity contribution is -0.133. The van der Waals surface area contributed by atoms with Gasteiger partial charge in [-0.3, -0.25) is 19.3 Å². The fraction of sp³-hybridized carbons (Fsp3) is 0.304. The Morgan fingerprint density at radius 3 is 2.19 bits per heavy atom. The second-order valence-electron chi connectivity index (χ2n) is 7.56. The van der Waals surface area contributed by atoms with E-state index in [4.69, 9.17) is 11.6 Å². The molecule has 1 aliphatic rings. The number of benzene rings is 2. The molecule has 32 heavy (non-hydrogen) atoms. The Hall–Kier alpha value is -3.39. The van der Waals surface area contributed by atoms with Crippen molar-refractivity contribution in [3.63, 3.8) is 0 Å². The van der Waals surface area contributed by atoms with Crippen molar-refractivity contribution in [2.45, 2.75) is 26.3 Å². The lowest BCUT2D eigenvalue weighted by atomic mass is 9.92. The minimum Gasteiger partial charge on any atom is -0.339 e. The van der Waals surface area contributed by atoms with Gasteiger partial charge in [0, 0.05) is 29.4 Å². The van der Waals surface area contributed by atoms with Crippen LogP contribution in [-0.4, -0.2) is 53.2 Å². The number of urea groups is 1. The molecule has 1 unspecified atom stereocenters. The van der Waals surface area contributed by atoms with Crippen LogP contribution in [0.2, 0.25) is 5.02 Å². The fourth-order valence-electron chi connectivity index (χ4n) is 3.55. The van der Waals surface area contributed by atoms with E-state index in [1.807, 2.05) is 13.8 Å². The quantitative estimate of drug-likeness (QED) is 0.625. The standard InChI is InChI=1S/C23H25ClN4O4/c1-4-27(5-2)20(30)15-6-12-18(13-7-15)25-19(29)14-28-21(31)23(3,26-22(28)32)16-8-10-17(24)11-9-16/h6-13H,4-5,14H2,1-3H3,(H,25,29)(H,26,32). The predicted octanol–water partition coefficient (Wildman–Crippen LogP) is 3.23. The molecule has 1 fully saturated rings. The highest BCUT2D eigenvalue weighted by molar-refractivity contribution is 6.30. The van der Waals surface area contributed by atoms with E-state index in [9.17, 15) is 19.2 Å². The van der Waals surface area contributed by atoms with Crippen molar-refractivity contribution >= 4 is 41.0 Å². The molecule has 168 valence electrons. The van der Waals surface area contributed by atoms with Crippen molar-refractivity contribution in [2.75, 3.05) is 25.0 Å². The number of halogens is 1. The molecule has 0 aliphatic carbocycles. The summed E-state index contributed by atoms with van der Waals surface area (Å²) in [6.07, 6.45) is 0. The van der Waals surface area contributed by atoms with Crippen LogP contribution < -0.4 is 10.6 Å². The second-order valence-corrected chi connectivity index (χ2v) is 7.99. The smallest absolute Gasteiger partial charge is 0.325 e. The Labute approximate surface area is 191 Å². The Kier molecular flexibility index (Phi) is 6.84. The predicted molar refractivity (Wildman–Crippen MR) is 121 cm³/mol. The molecule has 0 spiro atoms. The van der Waals surface area contributed by atoms with Gasteiger partial charge in [0.15, 0.2) is 0 Å². The van der Waals surface area contributed by atoms with Gasteiger partial charge < -0.3 is 15.5 Å². The number of amides is 5. The number of nitrogens with zero attached hydrogens (tertiary/aromatic N) is 2. The van der Waals surface area contributed by atoms with Gasteiger partial charge >= 0.3 is 6.03 Å². The van der Waals surface area contributed by atoms with E-state index in [0.29, 0.717) is 34.9 Å². The summed E-state index contributed by atoms with van der Waals surface area (Å²) in [5, 5.41) is 5.81. The van der Waals surface area contributed by atoms with Crippen LogP contribution in [0.15, 0.2) is 48.5 Å². The minimum atomic E-state index is -1.28. The molecular formula is C23H25ClN4O4. The van der Waals surface area contributed by atoms with E-state index in [-0.39, 0.29) is 5.91 Å². The van der Waals surface area contributed by atoms with E-state index in [2.05, 4.69) is 10.6 Å². The van der Waals surface area contributed by atoms with Crippen LogP contribution in [0.25, 0.3) is 0 Å². The zero-order valence-electron chi connectivity index (χ0n) is 18.1. The van der Waals surface area contributed by atoms with Gasteiger partial charge in [-0.15, -0.1) is 0 Å². The molecule has 1 heterocycles. The highest BCUT2D eigenvalue weighted by atomic mass is 35.5. The Morgan fingerprint density at radius 2 is 1.62 bits per heavy atom. The third-order valence-electron chi connectivity index (χ3n) is 5.46. The second kappa shape index (κ2) is 9.40. The van der Waals surface area contributed by atoms with E-state index in [0.717, 1.165) is 4.90 Å². The molecule has 1 aliphatic heterocycles. The number of carbonyl (C=O) groups excluding carboxylic acids is 4. The molecule has 2 N–H and O–H groups in total. The molecule has 5 amide bonds. The third-order valence-corrected chi connectivity index (χ3v) is 5.72. The van der Waals surface area contributed by atoms with Gasteiger partial charge in [-0.1, -0.05) is 23.7 Å². The van der Waals surface area contributed by atoms with Gasteiger partial charge in [-0.05, 0) is 62.7 Å². The normalized spacial score (nSPS) is 17.8.